The van der Waals surface area contributed by atoms with E-state index in [2.05, 4.69) is 68.8 Å². The quantitative estimate of drug-likeness (QED) is 0.364. The van der Waals surface area contributed by atoms with Crippen LogP contribution >= 0.6 is 0 Å². The Morgan fingerprint density at radius 3 is 1.44 bits per heavy atom. The fraction of sp³-hybridized carbons (Fsp3) is 0.333. The van der Waals surface area contributed by atoms with Crippen molar-refractivity contribution in [1.29, 1.82) is 0 Å². The summed E-state index contributed by atoms with van der Waals surface area (Å²) in [5.74, 6) is 0. The van der Waals surface area contributed by atoms with Crippen molar-refractivity contribution < 1.29 is 0 Å². The highest BCUT2D eigenvalue weighted by Gasteiger charge is 2.09. The highest BCUT2D eigenvalue weighted by Crippen LogP contribution is 2.06. The van der Waals surface area contributed by atoms with Crippen molar-refractivity contribution in [3.05, 3.63) is 95.6 Å². The van der Waals surface area contributed by atoms with Crippen molar-refractivity contribution in [3.8, 4) is 0 Å². The van der Waals surface area contributed by atoms with Crippen LogP contribution < -0.4 is 0 Å². The molecule has 0 bridgehead atoms. The number of aromatic nitrogens is 6. The van der Waals surface area contributed by atoms with Crippen molar-refractivity contribution in [3.63, 3.8) is 0 Å². The van der Waals surface area contributed by atoms with Gasteiger partial charge in [0, 0.05) is 26.2 Å². The summed E-state index contributed by atoms with van der Waals surface area (Å²) in [7, 11) is 4.22. The first-order valence-corrected chi connectivity index (χ1v) is 10.9. The minimum atomic E-state index is 0.741. The predicted molar refractivity (Wildman–Crippen MR) is 124 cm³/mol. The molecule has 2 aromatic carbocycles. The first kappa shape index (κ1) is 21.9. The summed E-state index contributed by atoms with van der Waals surface area (Å²) >= 11 is 0. The standard InChI is InChI=1S/C24H30N8/c1-29(17-23-19-31(27-25-23)15-21-9-5-3-6-10-21)13-14-30(2)18-24-20-32(28-26-24)16-22-11-7-4-8-12-22/h3-12,19-20H,13-18H2,1-2H3. The number of benzene rings is 2. The van der Waals surface area contributed by atoms with E-state index in [0.717, 1.165) is 50.7 Å². The van der Waals surface area contributed by atoms with Crippen LogP contribution in [0.15, 0.2) is 73.1 Å². The maximum atomic E-state index is 4.32. The summed E-state index contributed by atoms with van der Waals surface area (Å²) in [6.45, 7) is 4.89. The van der Waals surface area contributed by atoms with Gasteiger partial charge in [-0.1, -0.05) is 71.1 Å². The average molecular weight is 431 g/mol. The van der Waals surface area contributed by atoms with Gasteiger partial charge in [-0.05, 0) is 25.2 Å². The van der Waals surface area contributed by atoms with E-state index in [1.54, 1.807) is 0 Å². The van der Waals surface area contributed by atoms with E-state index in [4.69, 9.17) is 0 Å². The van der Waals surface area contributed by atoms with Crippen LogP contribution in [-0.4, -0.2) is 67.0 Å². The van der Waals surface area contributed by atoms with E-state index in [0.29, 0.717) is 0 Å². The first-order chi connectivity index (χ1) is 15.6. The molecule has 0 aliphatic rings. The van der Waals surface area contributed by atoms with E-state index in [9.17, 15) is 0 Å². The van der Waals surface area contributed by atoms with E-state index in [1.165, 1.54) is 11.1 Å². The molecule has 2 heterocycles. The van der Waals surface area contributed by atoms with Gasteiger partial charge in [-0.2, -0.15) is 0 Å². The Balaban J connectivity index is 1.19. The molecule has 0 amide bonds. The Bertz CT molecular complexity index is 986. The molecule has 0 N–H and O–H groups in total. The smallest absolute Gasteiger partial charge is 0.0967 e. The third-order valence-corrected chi connectivity index (χ3v) is 5.27. The lowest BCUT2D eigenvalue weighted by molar-refractivity contribution is 0.244. The summed E-state index contributed by atoms with van der Waals surface area (Å²) in [6.07, 6.45) is 4.05. The van der Waals surface area contributed by atoms with Crippen molar-refractivity contribution in [2.24, 2.45) is 0 Å². The van der Waals surface area contributed by atoms with Crippen LogP contribution in [0.25, 0.3) is 0 Å². The Morgan fingerprint density at radius 2 is 1.03 bits per heavy atom. The Hall–Kier alpha value is -3.36. The second-order valence-corrected chi connectivity index (χ2v) is 8.26. The van der Waals surface area contributed by atoms with Crippen LogP contribution in [0.4, 0.5) is 0 Å². The molecular weight excluding hydrogens is 400 g/mol. The molecule has 0 atom stereocenters. The summed E-state index contributed by atoms with van der Waals surface area (Å²) in [6, 6.07) is 20.6. The van der Waals surface area contributed by atoms with Gasteiger partial charge < -0.3 is 0 Å². The molecule has 4 aromatic rings. The molecule has 2 aromatic heterocycles. The molecule has 32 heavy (non-hydrogen) atoms. The van der Waals surface area contributed by atoms with Gasteiger partial charge in [0.2, 0.25) is 0 Å². The first-order valence-electron chi connectivity index (χ1n) is 10.9. The van der Waals surface area contributed by atoms with Crippen molar-refractivity contribution >= 4 is 0 Å². The molecule has 0 saturated carbocycles. The van der Waals surface area contributed by atoms with E-state index < -0.39 is 0 Å². The number of rotatable bonds is 11. The Morgan fingerprint density at radius 1 is 0.625 bits per heavy atom. The van der Waals surface area contributed by atoms with Gasteiger partial charge in [0.1, 0.15) is 0 Å². The second kappa shape index (κ2) is 10.8. The second-order valence-electron chi connectivity index (χ2n) is 8.26. The van der Waals surface area contributed by atoms with Crippen molar-refractivity contribution in [2.75, 3.05) is 27.2 Å². The fourth-order valence-electron chi connectivity index (χ4n) is 3.57. The molecule has 166 valence electrons. The van der Waals surface area contributed by atoms with Crippen LogP contribution in [-0.2, 0) is 26.2 Å². The lowest BCUT2D eigenvalue weighted by atomic mass is 10.2. The number of hydrogen-bond acceptors (Lipinski definition) is 6. The average Bonchev–Trinajstić information content (AvgIpc) is 3.43. The summed E-state index contributed by atoms with van der Waals surface area (Å²) < 4.78 is 3.78. The lowest BCUT2D eigenvalue weighted by Gasteiger charge is -2.20. The van der Waals surface area contributed by atoms with Gasteiger partial charge in [-0.3, -0.25) is 9.80 Å². The number of nitrogens with zero attached hydrogens (tertiary/aromatic N) is 8. The molecule has 0 saturated heterocycles. The maximum Gasteiger partial charge on any atom is 0.0967 e. The molecule has 0 radical (unpaired) electrons. The minimum absolute atomic E-state index is 0.741. The van der Waals surface area contributed by atoms with Crippen molar-refractivity contribution in [1.82, 2.24) is 39.8 Å². The normalized spacial score (nSPS) is 11.5. The van der Waals surface area contributed by atoms with Crippen LogP contribution in [0.5, 0.6) is 0 Å². The lowest BCUT2D eigenvalue weighted by Crippen LogP contribution is -2.30. The topological polar surface area (TPSA) is 67.9 Å². The highest BCUT2D eigenvalue weighted by atomic mass is 15.4. The molecule has 0 spiro atoms. The third-order valence-electron chi connectivity index (χ3n) is 5.27. The van der Waals surface area contributed by atoms with Gasteiger partial charge >= 0.3 is 0 Å². The van der Waals surface area contributed by atoms with Gasteiger partial charge in [0.25, 0.3) is 0 Å². The largest absolute Gasteiger partial charge is 0.299 e. The molecular formula is C24H30N8. The Kier molecular flexibility index (Phi) is 7.37. The monoisotopic (exact) mass is 430 g/mol. The summed E-state index contributed by atoms with van der Waals surface area (Å²) in [5, 5.41) is 17.2. The predicted octanol–water partition coefficient (Wildman–Crippen LogP) is 2.53. The highest BCUT2D eigenvalue weighted by molar-refractivity contribution is 5.15. The van der Waals surface area contributed by atoms with Crippen LogP contribution in [0.3, 0.4) is 0 Å². The van der Waals surface area contributed by atoms with E-state index in [1.807, 2.05) is 58.2 Å². The molecule has 8 heteroatoms. The van der Waals surface area contributed by atoms with Crippen LogP contribution in [0.2, 0.25) is 0 Å². The van der Waals surface area contributed by atoms with Gasteiger partial charge in [-0.25, -0.2) is 9.36 Å². The van der Waals surface area contributed by atoms with E-state index >= 15 is 0 Å². The molecule has 0 aliphatic carbocycles. The molecule has 4 rings (SSSR count). The molecule has 8 nitrogen and oxygen atoms in total. The third kappa shape index (κ3) is 6.57. The molecule has 0 aliphatic heterocycles. The maximum absolute atomic E-state index is 4.32. The molecule has 0 fully saturated rings. The van der Waals surface area contributed by atoms with Crippen LogP contribution in [0, 0.1) is 0 Å². The summed E-state index contributed by atoms with van der Waals surface area (Å²) in [4.78, 5) is 4.53. The van der Waals surface area contributed by atoms with Gasteiger partial charge in [0.05, 0.1) is 36.9 Å². The fourth-order valence-corrected chi connectivity index (χ4v) is 3.57. The zero-order valence-electron chi connectivity index (χ0n) is 18.7. The molecule has 0 unspecified atom stereocenters. The summed E-state index contributed by atoms with van der Waals surface area (Å²) in [5.41, 5.74) is 4.41. The van der Waals surface area contributed by atoms with E-state index in [-0.39, 0.29) is 0 Å². The number of likely N-dealkylation sites (N-methyl/N-ethyl adjacent to an activating group) is 2. The van der Waals surface area contributed by atoms with Gasteiger partial charge in [0.15, 0.2) is 0 Å². The Labute approximate surface area is 189 Å². The SMILES string of the molecule is CN(CCN(C)Cc1cn(Cc2ccccc2)nn1)Cc1cn(Cc2ccccc2)nn1. The zero-order valence-corrected chi connectivity index (χ0v) is 18.7. The van der Waals surface area contributed by atoms with Gasteiger partial charge in [-0.15, -0.1) is 10.2 Å². The van der Waals surface area contributed by atoms with Crippen LogP contribution in [0.1, 0.15) is 22.5 Å². The zero-order chi connectivity index (χ0) is 22.2. The number of hydrogen-bond donors (Lipinski definition) is 0. The van der Waals surface area contributed by atoms with Crippen molar-refractivity contribution in [2.45, 2.75) is 26.2 Å². The minimum Gasteiger partial charge on any atom is -0.299 e.